The number of fused-ring (bicyclic) bond motifs is 1. The van der Waals surface area contributed by atoms with Gasteiger partial charge in [0, 0.05) is 31.1 Å². The Bertz CT molecular complexity index is 1090. The zero-order valence-electron chi connectivity index (χ0n) is 15.5. The molecule has 1 fully saturated rings. The van der Waals surface area contributed by atoms with E-state index < -0.39 is 0 Å². The molecule has 150 valence electrons. The monoisotopic (exact) mass is 413 g/mol. The summed E-state index contributed by atoms with van der Waals surface area (Å²) < 4.78 is 7.00. The highest BCUT2D eigenvalue weighted by Gasteiger charge is 2.26. The van der Waals surface area contributed by atoms with Crippen LogP contribution in [0, 0.1) is 0 Å². The van der Waals surface area contributed by atoms with E-state index in [0.29, 0.717) is 23.9 Å². The molecule has 0 unspecified atom stereocenters. The van der Waals surface area contributed by atoms with Crippen molar-refractivity contribution >= 4 is 23.9 Å². The molecule has 3 aromatic heterocycles. The van der Waals surface area contributed by atoms with Gasteiger partial charge in [-0.15, -0.1) is 27.2 Å². The summed E-state index contributed by atoms with van der Waals surface area (Å²) in [7, 11) is 0. The molecular weight excluding hydrogens is 394 g/mol. The van der Waals surface area contributed by atoms with E-state index in [9.17, 15) is 0 Å². The summed E-state index contributed by atoms with van der Waals surface area (Å²) in [5.74, 6) is 2.43. The first-order valence-electron chi connectivity index (χ1n) is 9.23. The van der Waals surface area contributed by atoms with Crippen LogP contribution in [0.15, 0.2) is 40.9 Å². The lowest BCUT2D eigenvalue weighted by molar-refractivity contribution is 0.329. The number of tetrazole rings is 1. The molecule has 1 aliphatic heterocycles. The van der Waals surface area contributed by atoms with Crippen LogP contribution in [0.4, 0.5) is 5.82 Å². The largest absolute Gasteiger partial charge is 0.355 e. The van der Waals surface area contributed by atoms with Gasteiger partial charge in [-0.2, -0.15) is 4.98 Å². The van der Waals surface area contributed by atoms with Gasteiger partial charge in [-0.1, -0.05) is 29.4 Å². The standard InChI is InChI=1S/C18H19N9O.ClH/c19-11-12-1-3-13(4-2-12)17-20-18(28-23-17)14-7-9-26(10-8-14)16-6-5-15-21-24-25-27(15)22-16;/h1-6,14H,7-11,19H2;1H. The predicted molar refractivity (Wildman–Crippen MR) is 108 cm³/mol. The van der Waals surface area contributed by atoms with Gasteiger partial charge in [0.05, 0.1) is 0 Å². The van der Waals surface area contributed by atoms with Crippen LogP contribution < -0.4 is 10.6 Å². The fourth-order valence-corrected chi connectivity index (χ4v) is 3.47. The Hall–Kier alpha value is -3.11. The Morgan fingerprint density at radius 1 is 1.07 bits per heavy atom. The molecule has 11 heteroatoms. The van der Waals surface area contributed by atoms with Crippen molar-refractivity contribution in [1.82, 2.24) is 35.4 Å². The van der Waals surface area contributed by atoms with Crippen molar-refractivity contribution in [3.8, 4) is 11.4 Å². The lowest BCUT2D eigenvalue weighted by atomic mass is 9.97. The number of anilines is 1. The van der Waals surface area contributed by atoms with E-state index in [4.69, 9.17) is 10.3 Å². The number of rotatable bonds is 4. The third kappa shape index (κ3) is 3.76. The Kier molecular flexibility index (Phi) is 5.36. The van der Waals surface area contributed by atoms with E-state index in [2.05, 4.69) is 35.7 Å². The van der Waals surface area contributed by atoms with Crippen LogP contribution in [0.3, 0.4) is 0 Å². The van der Waals surface area contributed by atoms with Gasteiger partial charge in [-0.25, -0.2) is 0 Å². The quantitative estimate of drug-likeness (QED) is 0.533. The van der Waals surface area contributed by atoms with E-state index in [1.165, 1.54) is 4.63 Å². The van der Waals surface area contributed by atoms with Gasteiger partial charge in [0.15, 0.2) is 11.5 Å². The number of halogens is 1. The van der Waals surface area contributed by atoms with Crippen molar-refractivity contribution in [3.63, 3.8) is 0 Å². The third-order valence-corrected chi connectivity index (χ3v) is 5.11. The van der Waals surface area contributed by atoms with Crippen LogP contribution in [0.1, 0.15) is 30.2 Å². The summed E-state index contributed by atoms with van der Waals surface area (Å²) in [6.45, 7) is 2.23. The van der Waals surface area contributed by atoms with Crippen molar-refractivity contribution in [3.05, 3.63) is 47.9 Å². The lowest BCUT2D eigenvalue weighted by Gasteiger charge is -2.30. The molecule has 5 rings (SSSR count). The lowest BCUT2D eigenvalue weighted by Crippen LogP contribution is -2.33. The highest BCUT2D eigenvalue weighted by molar-refractivity contribution is 5.85. The van der Waals surface area contributed by atoms with Crippen LogP contribution in [-0.4, -0.2) is 48.5 Å². The predicted octanol–water partition coefficient (Wildman–Crippen LogP) is 1.83. The molecule has 1 aromatic carbocycles. The highest BCUT2D eigenvalue weighted by Crippen LogP contribution is 2.30. The topological polar surface area (TPSA) is 124 Å². The second-order valence-electron chi connectivity index (χ2n) is 6.84. The molecule has 29 heavy (non-hydrogen) atoms. The first-order valence-corrected chi connectivity index (χ1v) is 9.23. The van der Waals surface area contributed by atoms with Crippen molar-refractivity contribution < 1.29 is 4.52 Å². The van der Waals surface area contributed by atoms with E-state index in [0.717, 1.165) is 42.9 Å². The number of hydrogen-bond acceptors (Lipinski definition) is 9. The molecule has 4 aromatic rings. The fraction of sp³-hybridized carbons (Fsp3) is 0.333. The van der Waals surface area contributed by atoms with Crippen molar-refractivity contribution in [1.29, 1.82) is 0 Å². The Morgan fingerprint density at radius 3 is 2.62 bits per heavy atom. The van der Waals surface area contributed by atoms with Crippen LogP contribution in [0.25, 0.3) is 17.0 Å². The first-order chi connectivity index (χ1) is 13.8. The summed E-state index contributed by atoms with van der Waals surface area (Å²) in [5, 5.41) is 20.0. The number of nitrogens with two attached hydrogens (primary N) is 1. The maximum Gasteiger partial charge on any atom is 0.230 e. The Morgan fingerprint density at radius 2 is 1.86 bits per heavy atom. The van der Waals surface area contributed by atoms with Crippen LogP contribution in [-0.2, 0) is 6.54 Å². The smallest absolute Gasteiger partial charge is 0.230 e. The zero-order chi connectivity index (χ0) is 18.9. The number of hydrogen-bond donors (Lipinski definition) is 1. The van der Waals surface area contributed by atoms with Crippen LogP contribution in [0.5, 0.6) is 0 Å². The van der Waals surface area contributed by atoms with E-state index in [1.54, 1.807) is 0 Å². The molecule has 10 nitrogen and oxygen atoms in total. The van der Waals surface area contributed by atoms with Gasteiger partial charge in [-0.05, 0) is 41.0 Å². The molecule has 1 saturated heterocycles. The minimum Gasteiger partial charge on any atom is -0.355 e. The van der Waals surface area contributed by atoms with Gasteiger partial charge < -0.3 is 15.2 Å². The third-order valence-electron chi connectivity index (χ3n) is 5.11. The molecule has 1 aliphatic rings. The van der Waals surface area contributed by atoms with Crippen LogP contribution in [0.2, 0.25) is 0 Å². The van der Waals surface area contributed by atoms with Gasteiger partial charge >= 0.3 is 0 Å². The minimum atomic E-state index is 0. The molecule has 0 bridgehead atoms. The number of aromatic nitrogens is 7. The summed E-state index contributed by atoms with van der Waals surface area (Å²) in [4.78, 5) is 6.84. The summed E-state index contributed by atoms with van der Waals surface area (Å²) in [6.07, 6.45) is 1.84. The molecule has 0 atom stereocenters. The summed E-state index contributed by atoms with van der Waals surface area (Å²) in [5.41, 5.74) is 8.29. The first kappa shape index (κ1) is 19.2. The Balaban J connectivity index is 0.00000205. The van der Waals surface area contributed by atoms with Gasteiger partial charge in [0.2, 0.25) is 11.7 Å². The second-order valence-corrected chi connectivity index (χ2v) is 6.84. The Labute approximate surface area is 172 Å². The molecule has 0 radical (unpaired) electrons. The summed E-state index contributed by atoms with van der Waals surface area (Å²) in [6, 6.07) is 11.7. The maximum absolute atomic E-state index is 5.65. The average molecular weight is 414 g/mol. The van der Waals surface area contributed by atoms with Gasteiger partial charge in [0.25, 0.3) is 0 Å². The second kappa shape index (κ2) is 8.10. The van der Waals surface area contributed by atoms with Crippen LogP contribution >= 0.6 is 12.4 Å². The average Bonchev–Trinajstić information content (AvgIpc) is 3.43. The number of nitrogens with zero attached hydrogens (tertiary/aromatic N) is 8. The molecular formula is C18H20ClN9O. The normalized spacial score (nSPS) is 14.9. The zero-order valence-corrected chi connectivity index (χ0v) is 16.4. The molecule has 4 heterocycles. The number of piperidine rings is 1. The van der Waals surface area contributed by atoms with Gasteiger partial charge in [0.1, 0.15) is 0 Å². The van der Waals surface area contributed by atoms with Gasteiger partial charge in [-0.3, -0.25) is 0 Å². The van der Waals surface area contributed by atoms with E-state index in [1.807, 2.05) is 36.4 Å². The molecule has 0 aliphatic carbocycles. The van der Waals surface area contributed by atoms with E-state index >= 15 is 0 Å². The fourth-order valence-electron chi connectivity index (χ4n) is 3.47. The van der Waals surface area contributed by atoms with Crippen molar-refractivity contribution in [2.45, 2.75) is 25.3 Å². The SMILES string of the molecule is Cl.NCc1ccc(-c2noc(C3CCN(c4ccc5nnnn5n4)CC3)n2)cc1. The van der Waals surface area contributed by atoms with Crippen molar-refractivity contribution in [2.24, 2.45) is 5.73 Å². The molecule has 0 spiro atoms. The van der Waals surface area contributed by atoms with Crippen molar-refractivity contribution in [2.75, 3.05) is 18.0 Å². The maximum atomic E-state index is 5.65. The summed E-state index contributed by atoms with van der Waals surface area (Å²) >= 11 is 0. The van der Waals surface area contributed by atoms with E-state index in [-0.39, 0.29) is 18.3 Å². The molecule has 0 saturated carbocycles. The number of benzene rings is 1. The minimum absolute atomic E-state index is 0. The molecule has 2 N–H and O–H groups in total. The molecule has 0 amide bonds. The highest BCUT2D eigenvalue weighted by atomic mass is 35.5.